The molecule has 0 aromatic rings. The van der Waals surface area contributed by atoms with Crippen LogP contribution in [0.2, 0.25) is 0 Å². The molecule has 0 unspecified atom stereocenters. The van der Waals surface area contributed by atoms with Gasteiger partial charge in [-0.2, -0.15) is 0 Å². The molecule has 0 aliphatic heterocycles. The fourth-order valence-electron chi connectivity index (χ4n) is 2.39. The molecule has 1 aliphatic carbocycles. The van der Waals surface area contributed by atoms with Crippen molar-refractivity contribution in [3.8, 4) is 0 Å². The minimum absolute atomic E-state index is 0.0558. The summed E-state index contributed by atoms with van der Waals surface area (Å²) in [6, 6.07) is 0.585. The molecule has 2 N–H and O–H groups in total. The van der Waals surface area contributed by atoms with Gasteiger partial charge in [0.1, 0.15) is 0 Å². The Labute approximate surface area is 93.0 Å². The van der Waals surface area contributed by atoms with Gasteiger partial charge in [-0.15, -0.1) is 0 Å². The van der Waals surface area contributed by atoms with Crippen LogP contribution in [0.15, 0.2) is 0 Å². The summed E-state index contributed by atoms with van der Waals surface area (Å²) in [6.07, 6.45) is 6.96. The Kier molecular flexibility index (Phi) is 5.69. The third-order valence-electron chi connectivity index (χ3n) is 3.15. The van der Waals surface area contributed by atoms with E-state index in [4.69, 9.17) is 0 Å². The molecule has 1 amide bonds. The van der Waals surface area contributed by atoms with Gasteiger partial charge in [0.05, 0.1) is 0 Å². The van der Waals surface area contributed by atoms with Crippen molar-refractivity contribution in [3.63, 3.8) is 0 Å². The van der Waals surface area contributed by atoms with Crippen LogP contribution in [0.4, 0.5) is 0 Å². The maximum atomic E-state index is 10.6. The predicted molar refractivity (Wildman–Crippen MR) is 62.7 cm³/mol. The van der Waals surface area contributed by atoms with Crippen molar-refractivity contribution < 1.29 is 4.79 Å². The van der Waals surface area contributed by atoms with Crippen LogP contribution in [0.25, 0.3) is 0 Å². The van der Waals surface area contributed by atoms with Crippen LogP contribution in [0.5, 0.6) is 0 Å². The summed E-state index contributed by atoms with van der Waals surface area (Å²) in [7, 11) is 0. The molecule has 88 valence electrons. The van der Waals surface area contributed by atoms with E-state index in [0.717, 1.165) is 19.0 Å². The number of rotatable bonds is 6. The monoisotopic (exact) mass is 212 g/mol. The lowest BCUT2D eigenvalue weighted by molar-refractivity contribution is -0.118. The van der Waals surface area contributed by atoms with E-state index in [2.05, 4.69) is 17.6 Å². The molecule has 1 aliphatic rings. The Morgan fingerprint density at radius 1 is 1.33 bits per heavy atom. The third kappa shape index (κ3) is 5.78. The van der Waals surface area contributed by atoms with Gasteiger partial charge in [0.2, 0.25) is 5.91 Å². The van der Waals surface area contributed by atoms with E-state index in [1.165, 1.54) is 32.1 Å². The van der Waals surface area contributed by atoms with Crippen molar-refractivity contribution in [1.82, 2.24) is 10.6 Å². The van der Waals surface area contributed by atoms with Gasteiger partial charge in [-0.1, -0.05) is 25.7 Å². The summed E-state index contributed by atoms with van der Waals surface area (Å²) in [5.74, 6) is 0.994. The van der Waals surface area contributed by atoms with Crippen molar-refractivity contribution in [2.45, 2.75) is 52.0 Å². The highest BCUT2D eigenvalue weighted by molar-refractivity contribution is 5.72. The smallest absolute Gasteiger partial charge is 0.216 e. The van der Waals surface area contributed by atoms with Crippen LogP contribution in [0.1, 0.15) is 46.0 Å². The SMILES string of the molecule is CC(=O)NCCN[C@H](C)CC1CCCC1. The summed E-state index contributed by atoms with van der Waals surface area (Å²) in [6.45, 7) is 5.42. The number of nitrogens with one attached hydrogen (secondary N) is 2. The molecule has 0 radical (unpaired) electrons. The van der Waals surface area contributed by atoms with Crippen molar-refractivity contribution in [2.75, 3.05) is 13.1 Å². The van der Waals surface area contributed by atoms with E-state index in [1.54, 1.807) is 6.92 Å². The Morgan fingerprint density at radius 2 is 2.00 bits per heavy atom. The summed E-state index contributed by atoms with van der Waals surface area (Å²) >= 11 is 0. The van der Waals surface area contributed by atoms with E-state index in [0.29, 0.717) is 6.04 Å². The van der Waals surface area contributed by atoms with Crippen LogP contribution in [-0.2, 0) is 4.79 Å². The first-order chi connectivity index (χ1) is 7.18. The summed E-state index contributed by atoms with van der Waals surface area (Å²) in [5.41, 5.74) is 0. The van der Waals surface area contributed by atoms with E-state index in [9.17, 15) is 4.79 Å². The molecule has 0 saturated heterocycles. The zero-order chi connectivity index (χ0) is 11.1. The van der Waals surface area contributed by atoms with Gasteiger partial charge < -0.3 is 10.6 Å². The predicted octanol–water partition coefficient (Wildman–Crippen LogP) is 1.68. The Morgan fingerprint density at radius 3 is 2.60 bits per heavy atom. The first kappa shape index (κ1) is 12.5. The average molecular weight is 212 g/mol. The molecule has 0 aromatic heterocycles. The zero-order valence-corrected chi connectivity index (χ0v) is 10.0. The van der Waals surface area contributed by atoms with E-state index in [1.807, 2.05) is 0 Å². The molecule has 3 nitrogen and oxygen atoms in total. The Bertz CT molecular complexity index is 188. The first-order valence-corrected chi connectivity index (χ1v) is 6.16. The standard InChI is InChI=1S/C12H24N2O/c1-10(9-12-5-3-4-6-12)13-7-8-14-11(2)15/h10,12-13H,3-9H2,1-2H3,(H,14,15)/t10-/m1/s1. The second-order valence-corrected chi connectivity index (χ2v) is 4.72. The quantitative estimate of drug-likeness (QED) is 0.658. The molecule has 3 heteroatoms. The van der Waals surface area contributed by atoms with E-state index < -0.39 is 0 Å². The third-order valence-corrected chi connectivity index (χ3v) is 3.15. The van der Waals surface area contributed by atoms with E-state index in [-0.39, 0.29) is 5.91 Å². The summed E-state index contributed by atoms with van der Waals surface area (Å²) < 4.78 is 0. The molecule has 0 spiro atoms. The molecule has 0 bridgehead atoms. The van der Waals surface area contributed by atoms with Gasteiger partial charge in [0, 0.05) is 26.1 Å². The van der Waals surface area contributed by atoms with Gasteiger partial charge in [-0.25, -0.2) is 0 Å². The topological polar surface area (TPSA) is 41.1 Å². The molecule has 15 heavy (non-hydrogen) atoms. The zero-order valence-electron chi connectivity index (χ0n) is 10.0. The van der Waals surface area contributed by atoms with Crippen LogP contribution in [0, 0.1) is 5.92 Å². The van der Waals surface area contributed by atoms with Gasteiger partial charge in [0.25, 0.3) is 0 Å². The number of carbonyl (C=O) groups is 1. The van der Waals surface area contributed by atoms with Crippen molar-refractivity contribution in [2.24, 2.45) is 5.92 Å². The van der Waals surface area contributed by atoms with Gasteiger partial charge in [-0.3, -0.25) is 4.79 Å². The maximum Gasteiger partial charge on any atom is 0.216 e. The van der Waals surface area contributed by atoms with Crippen LogP contribution < -0.4 is 10.6 Å². The Balaban J connectivity index is 1.97. The lowest BCUT2D eigenvalue weighted by Gasteiger charge is -2.17. The van der Waals surface area contributed by atoms with Crippen LogP contribution in [0.3, 0.4) is 0 Å². The highest BCUT2D eigenvalue weighted by Crippen LogP contribution is 2.28. The molecular formula is C12H24N2O. The maximum absolute atomic E-state index is 10.6. The van der Waals surface area contributed by atoms with Crippen LogP contribution >= 0.6 is 0 Å². The summed E-state index contributed by atoms with van der Waals surface area (Å²) in [5, 5.41) is 6.24. The molecule has 0 heterocycles. The lowest BCUT2D eigenvalue weighted by atomic mass is 9.99. The number of amides is 1. The fraction of sp³-hybridized carbons (Fsp3) is 0.917. The first-order valence-electron chi connectivity index (χ1n) is 6.16. The largest absolute Gasteiger partial charge is 0.355 e. The number of hydrogen-bond acceptors (Lipinski definition) is 2. The average Bonchev–Trinajstić information content (AvgIpc) is 2.64. The van der Waals surface area contributed by atoms with Gasteiger partial charge in [0.15, 0.2) is 0 Å². The highest BCUT2D eigenvalue weighted by Gasteiger charge is 2.17. The minimum atomic E-state index is 0.0558. The molecule has 1 saturated carbocycles. The fourth-order valence-corrected chi connectivity index (χ4v) is 2.39. The molecule has 0 aromatic carbocycles. The normalized spacial score (nSPS) is 19.1. The Hall–Kier alpha value is -0.570. The molecule has 1 atom stereocenters. The van der Waals surface area contributed by atoms with Crippen molar-refractivity contribution >= 4 is 5.91 Å². The van der Waals surface area contributed by atoms with Crippen molar-refractivity contribution in [3.05, 3.63) is 0 Å². The van der Waals surface area contributed by atoms with Crippen molar-refractivity contribution in [1.29, 1.82) is 0 Å². The molecular weight excluding hydrogens is 188 g/mol. The second kappa shape index (κ2) is 6.83. The molecule has 1 fully saturated rings. The minimum Gasteiger partial charge on any atom is -0.355 e. The lowest BCUT2D eigenvalue weighted by Crippen LogP contribution is -2.35. The second-order valence-electron chi connectivity index (χ2n) is 4.72. The van der Waals surface area contributed by atoms with E-state index >= 15 is 0 Å². The number of hydrogen-bond donors (Lipinski definition) is 2. The molecule has 1 rings (SSSR count). The van der Waals surface area contributed by atoms with Gasteiger partial charge >= 0.3 is 0 Å². The summed E-state index contributed by atoms with van der Waals surface area (Å²) in [4.78, 5) is 10.6. The van der Waals surface area contributed by atoms with Crippen LogP contribution in [-0.4, -0.2) is 25.0 Å². The number of carbonyl (C=O) groups excluding carboxylic acids is 1. The highest BCUT2D eigenvalue weighted by atomic mass is 16.1. The van der Waals surface area contributed by atoms with Gasteiger partial charge in [-0.05, 0) is 19.3 Å².